The molecule has 4 heteroatoms. The number of rotatable bonds is 4. The molecule has 2 aliphatic carbocycles. The molecule has 0 radical (unpaired) electrons. The van der Waals surface area contributed by atoms with Crippen LogP contribution >= 0.6 is 0 Å². The Morgan fingerprint density at radius 2 is 1.65 bits per heavy atom. The summed E-state index contributed by atoms with van der Waals surface area (Å²) in [5.41, 5.74) is 0.0739. The van der Waals surface area contributed by atoms with E-state index >= 15 is 0 Å². The van der Waals surface area contributed by atoms with Gasteiger partial charge in [-0.25, -0.2) is 4.39 Å². The Bertz CT molecular complexity index is 585. The second-order valence-electron chi connectivity index (χ2n) is 8.46. The number of hydrogen-bond donors (Lipinski definition) is 0. The van der Waals surface area contributed by atoms with E-state index in [-0.39, 0.29) is 5.92 Å². The second kappa shape index (κ2) is 7.90. The molecule has 1 aromatic carbocycles. The predicted molar refractivity (Wildman–Crippen MR) is 96.5 cm³/mol. The van der Waals surface area contributed by atoms with E-state index in [2.05, 4.69) is 6.92 Å². The number of alkyl halides is 3. The summed E-state index contributed by atoms with van der Waals surface area (Å²) in [6, 6.07) is 3.52. The maximum Gasteiger partial charge on any atom is 0.419 e. The van der Waals surface area contributed by atoms with Crippen molar-refractivity contribution in [2.75, 3.05) is 0 Å². The normalized spacial score (nSPS) is 26.7. The highest BCUT2D eigenvalue weighted by atomic mass is 19.4. The SMILES string of the molecule is CCCC1([C@H]2CC[C@H](c3ccc(C(F)(F)F)c(F)c3)CC2)CCCCC1. The van der Waals surface area contributed by atoms with Gasteiger partial charge in [0.15, 0.2) is 0 Å². The summed E-state index contributed by atoms with van der Waals surface area (Å²) in [6.45, 7) is 2.27. The smallest absolute Gasteiger partial charge is 0.206 e. The summed E-state index contributed by atoms with van der Waals surface area (Å²) in [5, 5.41) is 0. The molecule has 146 valence electrons. The van der Waals surface area contributed by atoms with Crippen LogP contribution in [0.1, 0.15) is 94.6 Å². The van der Waals surface area contributed by atoms with E-state index in [9.17, 15) is 17.6 Å². The van der Waals surface area contributed by atoms with Gasteiger partial charge in [-0.05, 0) is 79.9 Å². The van der Waals surface area contributed by atoms with Crippen LogP contribution < -0.4 is 0 Å². The Labute approximate surface area is 154 Å². The highest BCUT2D eigenvalue weighted by molar-refractivity contribution is 5.29. The molecule has 0 atom stereocenters. The van der Waals surface area contributed by atoms with Crippen molar-refractivity contribution in [3.63, 3.8) is 0 Å². The molecule has 0 aromatic heterocycles. The second-order valence-corrected chi connectivity index (χ2v) is 8.46. The van der Waals surface area contributed by atoms with Crippen LogP contribution in [0.25, 0.3) is 0 Å². The lowest BCUT2D eigenvalue weighted by atomic mass is 9.58. The van der Waals surface area contributed by atoms with Crippen molar-refractivity contribution in [3.8, 4) is 0 Å². The average Bonchev–Trinajstić information content (AvgIpc) is 2.62. The van der Waals surface area contributed by atoms with Crippen LogP contribution in [-0.2, 0) is 6.18 Å². The van der Waals surface area contributed by atoms with Crippen molar-refractivity contribution in [1.82, 2.24) is 0 Å². The van der Waals surface area contributed by atoms with E-state index in [4.69, 9.17) is 0 Å². The molecular formula is C22H30F4. The molecule has 0 amide bonds. The van der Waals surface area contributed by atoms with E-state index in [1.54, 1.807) is 0 Å². The van der Waals surface area contributed by atoms with Crippen LogP contribution in [0.15, 0.2) is 18.2 Å². The minimum absolute atomic E-state index is 0.199. The first-order valence-corrected chi connectivity index (χ1v) is 10.2. The van der Waals surface area contributed by atoms with Crippen molar-refractivity contribution >= 4 is 0 Å². The van der Waals surface area contributed by atoms with E-state index in [0.717, 1.165) is 49.3 Å². The van der Waals surface area contributed by atoms with Crippen LogP contribution in [0, 0.1) is 17.2 Å². The van der Waals surface area contributed by atoms with Crippen molar-refractivity contribution in [2.45, 2.75) is 89.6 Å². The first-order valence-electron chi connectivity index (χ1n) is 10.2. The van der Waals surface area contributed by atoms with Crippen molar-refractivity contribution < 1.29 is 17.6 Å². The van der Waals surface area contributed by atoms with Gasteiger partial charge in [-0.2, -0.15) is 13.2 Å². The van der Waals surface area contributed by atoms with E-state index < -0.39 is 17.6 Å². The third-order valence-electron chi connectivity index (χ3n) is 6.96. The summed E-state index contributed by atoms with van der Waals surface area (Å²) < 4.78 is 52.2. The molecule has 0 unspecified atom stereocenters. The zero-order valence-corrected chi connectivity index (χ0v) is 15.7. The lowest BCUT2D eigenvalue weighted by Crippen LogP contribution is -2.35. The van der Waals surface area contributed by atoms with Crippen molar-refractivity contribution in [3.05, 3.63) is 35.1 Å². The van der Waals surface area contributed by atoms with Gasteiger partial charge in [0.2, 0.25) is 0 Å². The molecule has 0 N–H and O–H groups in total. The fraction of sp³-hybridized carbons (Fsp3) is 0.727. The first kappa shape index (κ1) is 19.7. The zero-order chi connectivity index (χ0) is 18.8. The van der Waals surface area contributed by atoms with Gasteiger partial charge in [0.25, 0.3) is 0 Å². The molecule has 0 nitrogen and oxygen atoms in total. The highest BCUT2D eigenvalue weighted by Gasteiger charge is 2.41. The summed E-state index contributed by atoms with van der Waals surface area (Å²) in [6.07, 6.45) is 8.83. The fourth-order valence-corrected chi connectivity index (χ4v) is 5.67. The third kappa shape index (κ3) is 4.09. The monoisotopic (exact) mass is 370 g/mol. The molecule has 0 heterocycles. The first-order chi connectivity index (χ1) is 12.4. The van der Waals surface area contributed by atoms with Gasteiger partial charge in [-0.3, -0.25) is 0 Å². The Kier molecular flexibility index (Phi) is 5.98. The summed E-state index contributed by atoms with van der Waals surface area (Å²) in [7, 11) is 0. The molecule has 0 bridgehead atoms. The highest BCUT2D eigenvalue weighted by Crippen LogP contribution is 2.53. The molecule has 0 spiro atoms. The molecule has 2 saturated carbocycles. The zero-order valence-electron chi connectivity index (χ0n) is 15.7. The Hall–Kier alpha value is -1.06. The van der Waals surface area contributed by atoms with Gasteiger partial charge in [0.1, 0.15) is 5.82 Å². The van der Waals surface area contributed by atoms with Crippen LogP contribution in [0.3, 0.4) is 0 Å². The van der Waals surface area contributed by atoms with Gasteiger partial charge in [0.05, 0.1) is 5.56 Å². The van der Waals surface area contributed by atoms with Gasteiger partial charge < -0.3 is 0 Å². The predicted octanol–water partition coefficient (Wildman–Crippen LogP) is 7.87. The molecule has 2 aliphatic rings. The van der Waals surface area contributed by atoms with Gasteiger partial charge in [-0.15, -0.1) is 0 Å². The molecule has 3 rings (SSSR count). The summed E-state index contributed by atoms with van der Waals surface area (Å²) in [4.78, 5) is 0. The maximum atomic E-state index is 13.9. The molecule has 1 aromatic rings. The van der Waals surface area contributed by atoms with E-state index in [1.165, 1.54) is 51.0 Å². The van der Waals surface area contributed by atoms with Crippen LogP contribution in [0.4, 0.5) is 17.6 Å². The Balaban J connectivity index is 1.67. The lowest BCUT2D eigenvalue weighted by Gasteiger charge is -2.47. The molecule has 0 aliphatic heterocycles. The average molecular weight is 370 g/mol. The lowest BCUT2D eigenvalue weighted by molar-refractivity contribution is -0.140. The Morgan fingerprint density at radius 1 is 1.00 bits per heavy atom. The molecule has 26 heavy (non-hydrogen) atoms. The summed E-state index contributed by atoms with van der Waals surface area (Å²) in [5.74, 6) is -0.199. The quantitative estimate of drug-likeness (QED) is 0.473. The molecule has 0 saturated heterocycles. The largest absolute Gasteiger partial charge is 0.419 e. The third-order valence-corrected chi connectivity index (χ3v) is 6.96. The number of benzene rings is 1. The van der Waals surface area contributed by atoms with Gasteiger partial charge >= 0.3 is 6.18 Å². The topological polar surface area (TPSA) is 0 Å². The number of hydrogen-bond acceptors (Lipinski definition) is 0. The van der Waals surface area contributed by atoms with Crippen LogP contribution in [-0.4, -0.2) is 0 Å². The standard InChI is InChI=1S/C22H30F4/c1-2-12-21(13-4-3-5-14-21)18-9-6-16(7-10-18)17-8-11-19(20(23)15-17)22(24,25)26/h8,11,15-16,18H,2-7,9-10,12-14H2,1H3/t16-,18-. The van der Waals surface area contributed by atoms with E-state index in [0.29, 0.717) is 5.41 Å². The molecular weight excluding hydrogens is 340 g/mol. The van der Waals surface area contributed by atoms with Gasteiger partial charge in [0, 0.05) is 0 Å². The van der Waals surface area contributed by atoms with E-state index in [1.807, 2.05) is 0 Å². The summed E-state index contributed by atoms with van der Waals surface area (Å²) >= 11 is 0. The van der Waals surface area contributed by atoms with Gasteiger partial charge in [-0.1, -0.05) is 38.7 Å². The number of halogens is 4. The van der Waals surface area contributed by atoms with Crippen molar-refractivity contribution in [2.24, 2.45) is 11.3 Å². The maximum absolute atomic E-state index is 13.9. The van der Waals surface area contributed by atoms with Crippen LogP contribution in [0.2, 0.25) is 0 Å². The van der Waals surface area contributed by atoms with Crippen molar-refractivity contribution in [1.29, 1.82) is 0 Å². The minimum atomic E-state index is -4.62. The fourth-order valence-electron chi connectivity index (χ4n) is 5.67. The minimum Gasteiger partial charge on any atom is -0.206 e. The van der Waals surface area contributed by atoms with Crippen LogP contribution in [0.5, 0.6) is 0 Å². The Morgan fingerprint density at radius 3 is 2.19 bits per heavy atom. The molecule has 2 fully saturated rings.